The van der Waals surface area contributed by atoms with E-state index in [1.54, 1.807) is 23.5 Å². The minimum absolute atomic E-state index is 0.0863. The first kappa shape index (κ1) is 19.5. The number of benzene rings is 1. The summed E-state index contributed by atoms with van der Waals surface area (Å²) in [6, 6.07) is 5.46. The van der Waals surface area contributed by atoms with Gasteiger partial charge in [0.25, 0.3) is 5.91 Å². The Balaban J connectivity index is 1.67. The van der Waals surface area contributed by atoms with Crippen molar-refractivity contribution in [2.24, 2.45) is 5.73 Å². The lowest BCUT2D eigenvalue weighted by Gasteiger charge is -2.26. The van der Waals surface area contributed by atoms with E-state index in [1.807, 2.05) is 6.07 Å². The van der Waals surface area contributed by atoms with Crippen molar-refractivity contribution < 1.29 is 23.8 Å². The highest BCUT2D eigenvalue weighted by Crippen LogP contribution is 2.44. The Bertz CT molecular complexity index is 925. The third kappa shape index (κ3) is 4.13. The number of nitrogens with two attached hydrogens (primary N) is 1. The Morgan fingerprint density at radius 1 is 1.38 bits per heavy atom. The molecule has 0 aliphatic carbocycles. The summed E-state index contributed by atoms with van der Waals surface area (Å²) in [4.78, 5) is 31.2. The van der Waals surface area contributed by atoms with Crippen LogP contribution in [-0.2, 0) is 14.3 Å². The number of aromatic nitrogens is 1. The number of nitrogens with one attached hydrogen (secondary N) is 1. The molecule has 4 rings (SSSR count). The molecule has 2 aliphatic rings. The molecule has 29 heavy (non-hydrogen) atoms. The van der Waals surface area contributed by atoms with Gasteiger partial charge in [0.05, 0.1) is 25.2 Å². The first-order valence-corrected chi connectivity index (χ1v) is 10.1. The molecule has 1 aromatic carbocycles. The maximum atomic E-state index is 12.3. The van der Waals surface area contributed by atoms with Gasteiger partial charge in [0.15, 0.2) is 23.2 Å². The average Bonchev–Trinajstić information content (AvgIpc) is 3.16. The van der Waals surface area contributed by atoms with Crippen LogP contribution < -0.4 is 25.4 Å². The second kappa shape index (κ2) is 8.26. The molecule has 9 nitrogen and oxygen atoms in total. The van der Waals surface area contributed by atoms with Crippen LogP contribution in [0.15, 0.2) is 18.2 Å². The Kier molecular flexibility index (Phi) is 5.54. The number of hydrogen-bond donors (Lipinski definition) is 2. The maximum Gasteiger partial charge on any atom is 0.255 e. The molecule has 0 saturated carbocycles. The monoisotopic (exact) mass is 418 g/mol. The number of thiazole rings is 1. The zero-order valence-corrected chi connectivity index (χ0v) is 16.8. The number of carbonyl (C=O) groups excluding carboxylic acids is 2. The van der Waals surface area contributed by atoms with Crippen LogP contribution in [0, 0.1) is 0 Å². The van der Waals surface area contributed by atoms with Crippen LogP contribution in [0.4, 0.5) is 10.9 Å². The summed E-state index contributed by atoms with van der Waals surface area (Å²) in [7, 11) is 1.52. The Morgan fingerprint density at radius 2 is 2.17 bits per heavy atom. The van der Waals surface area contributed by atoms with Gasteiger partial charge in [-0.2, -0.15) is 0 Å². The molecule has 0 unspecified atom stereocenters. The van der Waals surface area contributed by atoms with Crippen LogP contribution in [0.25, 0.3) is 0 Å². The van der Waals surface area contributed by atoms with Gasteiger partial charge in [-0.05, 0) is 17.7 Å². The smallest absolute Gasteiger partial charge is 0.255 e. The van der Waals surface area contributed by atoms with Crippen LogP contribution in [0.1, 0.15) is 22.8 Å². The summed E-state index contributed by atoms with van der Waals surface area (Å²) in [6.07, 6.45) is 0.305. The van der Waals surface area contributed by atoms with Gasteiger partial charge >= 0.3 is 0 Å². The molecule has 0 bridgehead atoms. The Hall–Kier alpha value is -2.85. The van der Waals surface area contributed by atoms with E-state index in [1.165, 1.54) is 7.11 Å². The zero-order valence-electron chi connectivity index (χ0n) is 16.0. The number of ether oxygens (including phenoxy) is 3. The second-order valence-electron chi connectivity index (χ2n) is 6.78. The topological polar surface area (TPSA) is 116 Å². The SMILES string of the molecule is COc1ccc([C@@H]2CC(=O)Nc3nc(N4CCOCC4)sc32)cc1OCC(N)=O. The zero-order chi connectivity index (χ0) is 20.4. The van der Waals surface area contributed by atoms with Gasteiger partial charge in [-0.15, -0.1) is 0 Å². The predicted octanol–water partition coefficient (Wildman–Crippen LogP) is 1.33. The van der Waals surface area contributed by atoms with Crippen LogP contribution in [0.3, 0.4) is 0 Å². The van der Waals surface area contributed by atoms with Crippen molar-refractivity contribution in [2.45, 2.75) is 12.3 Å². The second-order valence-corrected chi connectivity index (χ2v) is 7.79. The van der Waals surface area contributed by atoms with Crippen LogP contribution >= 0.6 is 11.3 Å². The van der Waals surface area contributed by atoms with Gasteiger partial charge in [0.1, 0.15) is 5.82 Å². The quantitative estimate of drug-likeness (QED) is 0.727. The normalized spacial score (nSPS) is 18.7. The van der Waals surface area contributed by atoms with Crippen LogP contribution in [0.2, 0.25) is 0 Å². The molecule has 1 atom stereocenters. The number of methoxy groups -OCH3 is 1. The van der Waals surface area contributed by atoms with E-state index >= 15 is 0 Å². The number of morpholine rings is 1. The fourth-order valence-corrected chi connectivity index (χ4v) is 4.64. The molecule has 1 aromatic heterocycles. The fraction of sp³-hybridized carbons (Fsp3) is 0.421. The maximum absolute atomic E-state index is 12.3. The lowest BCUT2D eigenvalue weighted by atomic mass is 9.91. The standard InChI is InChI=1S/C19H22N4O5S/c1-26-13-3-2-11(8-14(13)28-10-15(20)24)12-9-16(25)21-18-17(12)29-19(22-18)23-4-6-27-7-5-23/h2-3,8,12H,4-7,9-10H2,1H3,(H2,20,24)(H,21,25)/t12-/m0/s1. The minimum Gasteiger partial charge on any atom is -0.493 e. The number of hydrogen-bond acceptors (Lipinski definition) is 8. The molecule has 2 aliphatic heterocycles. The molecule has 0 radical (unpaired) electrons. The number of rotatable bonds is 6. The van der Waals surface area contributed by atoms with E-state index in [2.05, 4.69) is 15.2 Å². The number of primary amides is 1. The van der Waals surface area contributed by atoms with Crippen molar-refractivity contribution in [3.05, 3.63) is 28.6 Å². The number of amides is 2. The number of fused-ring (bicyclic) bond motifs is 1. The summed E-state index contributed by atoms with van der Waals surface area (Å²) in [5, 5.41) is 3.76. The Labute approximate surface area is 171 Å². The summed E-state index contributed by atoms with van der Waals surface area (Å²) >= 11 is 1.58. The molecule has 1 fully saturated rings. The van der Waals surface area contributed by atoms with Gasteiger partial charge in [0, 0.05) is 25.4 Å². The van der Waals surface area contributed by atoms with Crippen molar-refractivity contribution >= 4 is 34.1 Å². The molecule has 0 spiro atoms. The summed E-state index contributed by atoms with van der Waals surface area (Å²) < 4.78 is 16.2. The van der Waals surface area contributed by atoms with E-state index in [0.717, 1.165) is 28.7 Å². The predicted molar refractivity (Wildman–Crippen MR) is 108 cm³/mol. The molecule has 2 amide bonds. The Morgan fingerprint density at radius 3 is 2.90 bits per heavy atom. The summed E-state index contributed by atoms with van der Waals surface area (Å²) in [5.41, 5.74) is 6.08. The molecular formula is C19H22N4O5S. The number of nitrogens with zero attached hydrogens (tertiary/aromatic N) is 2. The van der Waals surface area contributed by atoms with Crippen molar-refractivity contribution in [1.82, 2.24) is 4.98 Å². The third-order valence-electron chi connectivity index (χ3n) is 4.85. The van der Waals surface area contributed by atoms with Crippen molar-refractivity contribution in [3.8, 4) is 11.5 Å². The molecule has 3 heterocycles. The highest BCUT2D eigenvalue weighted by molar-refractivity contribution is 7.16. The molecule has 154 valence electrons. The van der Waals surface area contributed by atoms with Gasteiger partial charge in [0.2, 0.25) is 5.91 Å². The largest absolute Gasteiger partial charge is 0.493 e. The van der Waals surface area contributed by atoms with Crippen molar-refractivity contribution in [1.29, 1.82) is 0 Å². The van der Waals surface area contributed by atoms with Crippen molar-refractivity contribution in [2.75, 3.05) is 50.2 Å². The van der Waals surface area contributed by atoms with Gasteiger partial charge < -0.3 is 30.2 Å². The van der Waals surface area contributed by atoms with Crippen LogP contribution in [-0.4, -0.2) is 56.8 Å². The lowest BCUT2D eigenvalue weighted by Crippen LogP contribution is -2.36. The summed E-state index contributed by atoms with van der Waals surface area (Å²) in [6.45, 7) is 2.63. The first-order valence-electron chi connectivity index (χ1n) is 9.27. The van der Waals surface area contributed by atoms with Gasteiger partial charge in [-0.3, -0.25) is 9.59 Å². The molecule has 1 saturated heterocycles. The van der Waals surface area contributed by atoms with E-state index in [0.29, 0.717) is 37.0 Å². The number of carbonyl (C=O) groups is 2. The highest BCUT2D eigenvalue weighted by Gasteiger charge is 2.32. The van der Waals surface area contributed by atoms with E-state index < -0.39 is 5.91 Å². The van der Waals surface area contributed by atoms with Crippen LogP contribution in [0.5, 0.6) is 11.5 Å². The molecule has 2 aromatic rings. The van der Waals surface area contributed by atoms with E-state index in [-0.39, 0.29) is 18.4 Å². The van der Waals surface area contributed by atoms with E-state index in [4.69, 9.17) is 19.9 Å². The number of anilines is 2. The fourth-order valence-electron chi connectivity index (χ4n) is 3.44. The first-order chi connectivity index (χ1) is 14.0. The third-order valence-corrected chi connectivity index (χ3v) is 6.08. The highest BCUT2D eigenvalue weighted by atomic mass is 32.1. The van der Waals surface area contributed by atoms with Crippen molar-refractivity contribution in [3.63, 3.8) is 0 Å². The minimum atomic E-state index is -0.575. The van der Waals surface area contributed by atoms with Gasteiger partial charge in [-0.25, -0.2) is 4.98 Å². The molecular weight excluding hydrogens is 396 g/mol. The van der Waals surface area contributed by atoms with E-state index in [9.17, 15) is 9.59 Å². The lowest BCUT2D eigenvalue weighted by molar-refractivity contribution is -0.120. The molecule has 3 N–H and O–H groups in total. The van der Waals surface area contributed by atoms with Gasteiger partial charge in [-0.1, -0.05) is 17.4 Å². The average molecular weight is 418 g/mol. The summed E-state index contributed by atoms with van der Waals surface area (Å²) in [5.74, 6) is 0.690. The molecule has 10 heteroatoms.